The second-order valence-corrected chi connectivity index (χ2v) is 7.36. The molecule has 1 aliphatic rings. The SMILES string of the molecule is Cc1c(C(=O)N2Cc3ccccc3CC2C(=O)O)cnn1-c1cccc(C(F)(F)F)c1. The summed E-state index contributed by atoms with van der Waals surface area (Å²) in [6.45, 7) is 1.69. The number of rotatable bonds is 3. The molecular formula is C22H18F3N3O3. The molecule has 1 N–H and O–H groups in total. The molecule has 0 aliphatic carbocycles. The zero-order valence-electron chi connectivity index (χ0n) is 16.4. The highest BCUT2D eigenvalue weighted by atomic mass is 19.4. The topological polar surface area (TPSA) is 75.4 Å². The summed E-state index contributed by atoms with van der Waals surface area (Å²) < 4.78 is 40.4. The molecule has 1 aromatic heterocycles. The van der Waals surface area contributed by atoms with Crippen LogP contribution in [0.15, 0.2) is 54.7 Å². The third-order valence-electron chi connectivity index (χ3n) is 5.45. The van der Waals surface area contributed by atoms with Crippen LogP contribution in [0.25, 0.3) is 5.69 Å². The van der Waals surface area contributed by atoms with E-state index in [1.165, 1.54) is 27.9 Å². The minimum atomic E-state index is -4.51. The van der Waals surface area contributed by atoms with Crippen LogP contribution in [0.2, 0.25) is 0 Å². The molecule has 6 nitrogen and oxygen atoms in total. The van der Waals surface area contributed by atoms with Gasteiger partial charge in [-0.1, -0.05) is 30.3 Å². The number of carboxylic acids is 1. The van der Waals surface area contributed by atoms with E-state index >= 15 is 0 Å². The average Bonchev–Trinajstić information content (AvgIpc) is 3.13. The van der Waals surface area contributed by atoms with Crippen LogP contribution in [0.4, 0.5) is 13.2 Å². The van der Waals surface area contributed by atoms with Crippen molar-refractivity contribution in [2.75, 3.05) is 0 Å². The summed E-state index contributed by atoms with van der Waals surface area (Å²) in [6.07, 6.45) is -3.07. The van der Waals surface area contributed by atoms with E-state index < -0.39 is 29.7 Å². The molecule has 160 valence electrons. The van der Waals surface area contributed by atoms with Gasteiger partial charge in [0.15, 0.2) is 0 Å². The van der Waals surface area contributed by atoms with E-state index in [1.807, 2.05) is 24.3 Å². The summed E-state index contributed by atoms with van der Waals surface area (Å²) in [5, 5.41) is 13.8. The van der Waals surface area contributed by atoms with E-state index in [4.69, 9.17) is 0 Å². The summed E-state index contributed by atoms with van der Waals surface area (Å²) >= 11 is 0. The number of carbonyl (C=O) groups excluding carboxylic acids is 1. The van der Waals surface area contributed by atoms with Gasteiger partial charge in [0.1, 0.15) is 6.04 Å². The summed E-state index contributed by atoms with van der Waals surface area (Å²) in [7, 11) is 0. The molecule has 1 unspecified atom stereocenters. The number of amides is 1. The molecular weight excluding hydrogens is 411 g/mol. The first-order chi connectivity index (χ1) is 14.7. The first-order valence-corrected chi connectivity index (χ1v) is 9.49. The molecule has 0 spiro atoms. The van der Waals surface area contributed by atoms with E-state index in [2.05, 4.69) is 5.10 Å². The first kappa shape index (κ1) is 20.6. The second-order valence-electron chi connectivity index (χ2n) is 7.36. The Labute approximate surface area is 175 Å². The Bertz CT molecular complexity index is 1170. The number of aliphatic carboxylic acids is 1. The lowest BCUT2D eigenvalue weighted by atomic mass is 9.93. The Morgan fingerprint density at radius 1 is 1.10 bits per heavy atom. The standard InChI is InChI=1S/C22H18F3N3O3/c1-13-18(11-26-28(13)17-8-4-7-16(10-17)22(23,24)25)20(29)27-12-15-6-3-2-5-14(15)9-19(27)21(30)31/h2-8,10-11,19H,9,12H2,1H3,(H,30,31). The number of hydrogen-bond donors (Lipinski definition) is 1. The fourth-order valence-corrected chi connectivity index (χ4v) is 3.81. The van der Waals surface area contributed by atoms with E-state index in [0.29, 0.717) is 5.69 Å². The molecule has 0 radical (unpaired) electrons. The normalized spacial score (nSPS) is 16.1. The molecule has 0 saturated heterocycles. The average molecular weight is 429 g/mol. The van der Waals surface area contributed by atoms with Crippen molar-refractivity contribution in [3.05, 3.63) is 82.7 Å². The Hall–Kier alpha value is -3.62. The number of aromatic nitrogens is 2. The summed E-state index contributed by atoms with van der Waals surface area (Å²) in [5.74, 6) is -1.65. The number of nitrogens with zero attached hydrogens (tertiary/aromatic N) is 3. The van der Waals surface area contributed by atoms with E-state index in [-0.39, 0.29) is 24.2 Å². The van der Waals surface area contributed by atoms with Gasteiger partial charge in [0.25, 0.3) is 5.91 Å². The number of alkyl halides is 3. The van der Waals surface area contributed by atoms with Gasteiger partial charge in [0, 0.05) is 13.0 Å². The maximum atomic E-state index is 13.2. The first-order valence-electron chi connectivity index (χ1n) is 9.49. The number of carboxylic acid groups (broad SMARTS) is 1. The van der Waals surface area contributed by atoms with Crippen LogP contribution in [-0.2, 0) is 23.9 Å². The third kappa shape index (κ3) is 3.78. The Morgan fingerprint density at radius 3 is 2.48 bits per heavy atom. The van der Waals surface area contributed by atoms with Gasteiger partial charge in [-0.3, -0.25) is 4.79 Å². The van der Waals surface area contributed by atoms with Gasteiger partial charge in [-0.2, -0.15) is 18.3 Å². The molecule has 1 amide bonds. The predicted molar refractivity (Wildman–Crippen MR) is 105 cm³/mol. The number of benzene rings is 2. The zero-order valence-corrected chi connectivity index (χ0v) is 16.4. The lowest BCUT2D eigenvalue weighted by Crippen LogP contribution is -2.48. The highest BCUT2D eigenvalue weighted by molar-refractivity contribution is 5.97. The lowest BCUT2D eigenvalue weighted by Gasteiger charge is -2.34. The van der Waals surface area contributed by atoms with Crippen molar-refractivity contribution < 1.29 is 27.9 Å². The van der Waals surface area contributed by atoms with Crippen LogP contribution in [-0.4, -0.2) is 37.7 Å². The van der Waals surface area contributed by atoms with Gasteiger partial charge in [0.05, 0.1) is 28.7 Å². The van der Waals surface area contributed by atoms with Gasteiger partial charge >= 0.3 is 12.1 Å². The molecule has 1 atom stereocenters. The highest BCUT2D eigenvalue weighted by Gasteiger charge is 2.36. The fraction of sp³-hybridized carbons (Fsp3) is 0.227. The number of hydrogen-bond acceptors (Lipinski definition) is 3. The summed E-state index contributed by atoms with van der Waals surface area (Å²) in [5.41, 5.74) is 1.53. The molecule has 0 fully saturated rings. The van der Waals surface area contributed by atoms with Crippen molar-refractivity contribution in [3.8, 4) is 5.69 Å². The number of fused-ring (bicyclic) bond motifs is 1. The number of carbonyl (C=O) groups is 2. The van der Waals surface area contributed by atoms with Gasteiger partial charge in [-0.25, -0.2) is 9.48 Å². The molecule has 0 bridgehead atoms. The minimum Gasteiger partial charge on any atom is -0.480 e. The zero-order chi connectivity index (χ0) is 22.3. The quantitative estimate of drug-likeness (QED) is 0.686. The second kappa shape index (κ2) is 7.57. The van der Waals surface area contributed by atoms with Crippen molar-refractivity contribution in [3.63, 3.8) is 0 Å². The monoisotopic (exact) mass is 429 g/mol. The third-order valence-corrected chi connectivity index (χ3v) is 5.45. The molecule has 2 aromatic carbocycles. The molecule has 0 saturated carbocycles. The maximum Gasteiger partial charge on any atom is 0.416 e. The Balaban J connectivity index is 1.69. The molecule has 9 heteroatoms. The number of halogens is 3. The largest absolute Gasteiger partial charge is 0.480 e. The van der Waals surface area contributed by atoms with Crippen LogP contribution in [0, 0.1) is 6.92 Å². The maximum absolute atomic E-state index is 13.2. The lowest BCUT2D eigenvalue weighted by molar-refractivity contribution is -0.143. The molecule has 2 heterocycles. The van der Waals surface area contributed by atoms with Crippen molar-refractivity contribution in [2.45, 2.75) is 32.1 Å². The van der Waals surface area contributed by atoms with Crippen LogP contribution < -0.4 is 0 Å². The molecule has 1 aliphatic heterocycles. The van der Waals surface area contributed by atoms with Crippen molar-refractivity contribution >= 4 is 11.9 Å². The van der Waals surface area contributed by atoms with E-state index in [9.17, 15) is 27.9 Å². The van der Waals surface area contributed by atoms with Gasteiger partial charge in [0.2, 0.25) is 0 Å². The molecule has 4 rings (SSSR count). The van der Waals surface area contributed by atoms with Crippen LogP contribution in [0.5, 0.6) is 0 Å². The predicted octanol–water partition coefficient (Wildman–Crippen LogP) is 3.85. The smallest absolute Gasteiger partial charge is 0.416 e. The Kier molecular flexibility index (Phi) is 5.04. The van der Waals surface area contributed by atoms with Crippen LogP contribution in [0.1, 0.15) is 32.7 Å². The van der Waals surface area contributed by atoms with Crippen LogP contribution >= 0.6 is 0 Å². The summed E-state index contributed by atoms with van der Waals surface area (Å²) in [6, 6.07) is 10.9. The Morgan fingerprint density at radius 2 is 1.81 bits per heavy atom. The summed E-state index contributed by atoms with van der Waals surface area (Å²) in [4.78, 5) is 26.3. The van der Waals surface area contributed by atoms with Gasteiger partial charge < -0.3 is 10.0 Å². The van der Waals surface area contributed by atoms with Gasteiger partial charge in [-0.05, 0) is 36.2 Å². The van der Waals surface area contributed by atoms with Crippen LogP contribution in [0.3, 0.4) is 0 Å². The van der Waals surface area contributed by atoms with Gasteiger partial charge in [-0.15, -0.1) is 0 Å². The molecule has 3 aromatic rings. The minimum absolute atomic E-state index is 0.125. The van der Waals surface area contributed by atoms with E-state index in [0.717, 1.165) is 23.3 Å². The van der Waals surface area contributed by atoms with E-state index in [1.54, 1.807) is 6.92 Å². The van der Waals surface area contributed by atoms with Crippen molar-refractivity contribution in [1.82, 2.24) is 14.7 Å². The van der Waals surface area contributed by atoms with Crippen molar-refractivity contribution in [1.29, 1.82) is 0 Å². The molecule has 31 heavy (non-hydrogen) atoms. The van der Waals surface area contributed by atoms with Crippen molar-refractivity contribution in [2.24, 2.45) is 0 Å². The fourth-order valence-electron chi connectivity index (χ4n) is 3.81. The highest BCUT2D eigenvalue weighted by Crippen LogP contribution is 2.31.